The first kappa shape index (κ1) is 15.8. The minimum atomic E-state index is 0.101. The largest absolute Gasteiger partial charge is 0.355 e. The zero-order valence-corrected chi connectivity index (χ0v) is 13.9. The van der Waals surface area contributed by atoms with Crippen molar-refractivity contribution in [1.29, 1.82) is 0 Å². The van der Waals surface area contributed by atoms with Crippen molar-refractivity contribution in [3.63, 3.8) is 0 Å². The molecule has 0 aliphatic heterocycles. The summed E-state index contributed by atoms with van der Waals surface area (Å²) in [6, 6.07) is 8.35. The van der Waals surface area contributed by atoms with Gasteiger partial charge in [0.15, 0.2) is 0 Å². The van der Waals surface area contributed by atoms with Gasteiger partial charge in [0.05, 0.1) is 5.92 Å². The maximum absolute atomic E-state index is 12.3. The molecule has 0 bridgehead atoms. The van der Waals surface area contributed by atoms with Gasteiger partial charge in [0, 0.05) is 6.54 Å². The van der Waals surface area contributed by atoms with Crippen molar-refractivity contribution in [2.45, 2.75) is 41.0 Å². The summed E-state index contributed by atoms with van der Waals surface area (Å²) in [6.45, 7) is 11.4. The molecular formula is C19H27NO. The molecule has 1 fully saturated rings. The third-order valence-electron chi connectivity index (χ3n) is 4.66. The lowest BCUT2D eigenvalue weighted by Gasteiger charge is -2.08. The average Bonchev–Trinajstić information content (AvgIpc) is 2.92. The number of rotatable bonds is 5. The third kappa shape index (κ3) is 3.55. The normalized spacial score (nSPS) is 22.5. The lowest BCUT2D eigenvalue weighted by molar-refractivity contribution is -0.123. The van der Waals surface area contributed by atoms with E-state index in [-0.39, 0.29) is 17.2 Å². The van der Waals surface area contributed by atoms with Crippen molar-refractivity contribution in [3.8, 4) is 0 Å². The Morgan fingerprint density at radius 2 is 1.95 bits per heavy atom. The Kier molecular flexibility index (Phi) is 4.55. The van der Waals surface area contributed by atoms with Gasteiger partial charge in [0.25, 0.3) is 0 Å². The van der Waals surface area contributed by atoms with Crippen LogP contribution in [0.25, 0.3) is 0 Å². The molecule has 1 aromatic carbocycles. The fourth-order valence-corrected chi connectivity index (χ4v) is 3.17. The second-order valence-electron chi connectivity index (χ2n) is 7.04. The smallest absolute Gasteiger partial charge is 0.224 e. The molecule has 0 heterocycles. The summed E-state index contributed by atoms with van der Waals surface area (Å²) in [5.74, 6) is 0.723. The standard InChI is InChI=1S/C19H27NO/c1-13(2)12-16-17(19(16,4)5)18(21)20-11-10-15-9-7-6-8-14(15)3/h6-9,12,16-17H,10-11H2,1-5H3,(H,20,21). The Morgan fingerprint density at radius 1 is 1.29 bits per heavy atom. The summed E-state index contributed by atoms with van der Waals surface area (Å²) in [7, 11) is 0. The fraction of sp³-hybridized carbons (Fsp3) is 0.526. The predicted molar refractivity (Wildman–Crippen MR) is 88.1 cm³/mol. The molecule has 1 aliphatic rings. The molecule has 1 N–H and O–H groups in total. The number of hydrogen-bond donors (Lipinski definition) is 1. The van der Waals surface area contributed by atoms with Crippen LogP contribution in [0.3, 0.4) is 0 Å². The second-order valence-corrected chi connectivity index (χ2v) is 7.04. The predicted octanol–water partition coefficient (Wildman–Crippen LogP) is 3.89. The number of carbonyl (C=O) groups excluding carboxylic acids is 1. The number of benzene rings is 1. The van der Waals surface area contributed by atoms with Crippen molar-refractivity contribution in [2.75, 3.05) is 6.54 Å². The van der Waals surface area contributed by atoms with Gasteiger partial charge >= 0.3 is 0 Å². The zero-order chi connectivity index (χ0) is 15.6. The number of hydrogen-bond acceptors (Lipinski definition) is 1. The Hall–Kier alpha value is -1.57. The van der Waals surface area contributed by atoms with Gasteiger partial charge in [0.2, 0.25) is 5.91 Å². The lowest BCUT2D eigenvalue weighted by Crippen LogP contribution is -2.28. The topological polar surface area (TPSA) is 29.1 Å². The number of nitrogens with one attached hydrogen (secondary N) is 1. The molecule has 114 valence electrons. The lowest BCUT2D eigenvalue weighted by atomic mass is 10.1. The van der Waals surface area contributed by atoms with Crippen LogP contribution in [0.4, 0.5) is 0 Å². The Labute approximate surface area is 128 Å². The van der Waals surface area contributed by atoms with Gasteiger partial charge in [-0.3, -0.25) is 4.79 Å². The van der Waals surface area contributed by atoms with E-state index < -0.39 is 0 Å². The van der Waals surface area contributed by atoms with Crippen LogP contribution in [-0.4, -0.2) is 12.5 Å². The first-order valence-electron chi connectivity index (χ1n) is 7.81. The van der Waals surface area contributed by atoms with Crippen molar-refractivity contribution >= 4 is 5.91 Å². The van der Waals surface area contributed by atoms with Crippen LogP contribution in [0.5, 0.6) is 0 Å². The molecule has 0 spiro atoms. The van der Waals surface area contributed by atoms with E-state index in [9.17, 15) is 4.79 Å². The highest BCUT2D eigenvalue weighted by Crippen LogP contribution is 2.59. The van der Waals surface area contributed by atoms with Crippen LogP contribution in [0.1, 0.15) is 38.8 Å². The quantitative estimate of drug-likeness (QED) is 0.817. The molecule has 1 amide bonds. The SMILES string of the molecule is CC(C)=CC1C(C(=O)NCCc2ccccc2C)C1(C)C. The first-order chi connectivity index (χ1) is 9.84. The molecule has 0 saturated heterocycles. The first-order valence-corrected chi connectivity index (χ1v) is 7.81. The average molecular weight is 285 g/mol. The summed E-state index contributed by atoms with van der Waals surface area (Å²) in [5, 5.41) is 3.11. The number of allylic oxidation sites excluding steroid dienone is 2. The van der Waals surface area contributed by atoms with Gasteiger partial charge in [-0.2, -0.15) is 0 Å². The molecule has 2 atom stereocenters. The number of carbonyl (C=O) groups is 1. The van der Waals surface area contributed by atoms with Gasteiger partial charge in [0.1, 0.15) is 0 Å². The van der Waals surface area contributed by atoms with Crippen molar-refractivity contribution in [3.05, 3.63) is 47.0 Å². The summed E-state index contributed by atoms with van der Waals surface area (Å²) in [5.41, 5.74) is 4.00. The van der Waals surface area contributed by atoms with E-state index in [1.165, 1.54) is 16.7 Å². The number of aryl methyl sites for hydroxylation is 1. The molecule has 0 radical (unpaired) electrons. The van der Waals surface area contributed by atoms with Crippen LogP contribution >= 0.6 is 0 Å². The molecule has 0 aromatic heterocycles. The maximum Gasteiger partial charge on any atom is 0.224 e. The van der Waals surface area contributed by atoms with Crippen molar-refractivity contribution < 1.29 is 4.79 Å². The minimum Gasteiger partial charge on any atom is -0.355 e. The highest BCUT2D eigenvalue weighted by molar-refractivity contribution is 5.83. The third-order valence-corrected chi connectivity index (χ3v) is 4.66. The fourth-order valence-electron chi connectivity index (χ4n) is 3.17. The van der Waals surface area contributed by atoms with E-state index in [4.69, 9.17) is 0 Å². The van der Waals surface area contributed by atoms with Crippen LogP contribution < -0.4 is 5.32 Å². The van der Waals surface area contributed by atoms with Gasteiger partial charge in [-0.25, -0.2) is 0 Å². The molecular weight excluding hydrogens is 258 g/mol. The van der Waals surface area contributed by atoms with Crippen LogP contribution in [0.2, 0.25) is 0 Å². The summed E-state index contributed by atoms with van der Waals surface area (Å²) < 4.78 is 0. The van der Waals surface area contributed by atoms with Gasteiger partial charge in [-0.05, 0) is 49.7 Å². The van der Waals surface area contributed by atoms with Crippen molar-refractivity contribution in [2.24, 2.45) is 17.3 Å². The minimum absolute atomic E-state index is 0.101. The van der Waals surface area contributed by atoms with Crippen LogP contribution in [0, 0.1) is 24.2 Å². The molecule has 2 nitrogen and oxygen atoms in total. The Balaban J connectivity index is 1.86. The monoisotopic (exact) mass is 285 g/mol. The van der Waals surface area contributed by atoms with Crippen LogP contribution in [0.15, 0.2) is 35.9 Å². The van der Waals surface area contributed by atoms with Gasteiger partial charge in [-0.1, -0.05) is 49.8 Å². The van der Waals surface area contributed by atoms with E-state index in [1.807, 2.05) is 6.07 Å². The molecule has 2 unspecified atom stereocenters. The number of amides is 1. The molecule has 21 heavy (non-hydrogen) atoms. The molecule has 2 heteroatoms. The summed E-state index contributed by atoms with van der Waals surface area (Å²) in [4.78, 5) is 12.3. The van der Waals surface area contributed by atoms with Crippen molar-refractivity contribution in [1.82, 2.24) is 5.32 Å². The highest BCUT2D eigenvalue weighted by atomic mass is 16.2. The van der Waals surface area contributed by atoms with E-state index in [2.05, 4.69) is 64.2 Å². The summed E-state index contributed by atoms with van der Waals surface area (Å²) in [6.07, 6.45) is 3.14. The molecule has 1 saturated carbocycles. The molecule has 2 rings (SSSR count). The van der Waals surface area contributed by atoms with Gasteiger partial charge in [-0.15, -0.1) is 0 Å². The van der Waals surface area contributed by atoms with Gasteiger partial charge < -0.3 is 5.32 Å². The Morgan fingerprint density at radius 3 is 2.57 bits per heavy atom. The summed E-state index contributed by atoms with van der Waals surface area (Å²) >= 11 is 0. The van der Waals surface area contributed by atoms with Crippen LogP contribution in [-0.2, 0) is 11.2 Å². The zero-order valence-electron chi connectivity index (χ0n) is 13.9. The Bertz CT molecular complexity index is 552. The van der Waals surface area contributed by atoms with E-state index in [0.29, 0.717) is 5.92 Å². The second kappa shape index (κ2) is 6.05. The van der Waals surface area contributed by atoms with E-state index >= 15 is 0 Å². The molecule has 1 aliphatic carbocycles. The molecule has 1 aromatic rings. The van der Waals surface area contributed by atoms with E-state index in [1.54, 1.807) is 0 Å². The maximum atomic E-state index is 12.3. The highest BCUT2D eigenvalue weighted by Gasteiger charge is 2.60. The van der Waals surface area contributed by atoms with E-state index in [0.717, 1.165) is 13.0 Å².